The summed E-state index contributed by atoms with van der Waals surface area (Å²) in [4.78, 5) is 34.8. The number of nitrogens with zero attached hydrogens (tertiary/aromatic N) is 1. The van der Waals surface area contributed by atoms with Gasteiger partial charge in [-0.2, -0.15) is 0 Å². The van der Waals surface area contributed by atoms with Gasteiger partial charge in [-0.15, -0.1) is 5.01 Å². The number of ether oxygens (including phenoxy) is 2. The monoisotopic (exact) mass is 382 g/mol. The van der Waals surface area contributed by atoms with Crippen LogP contribution in [0.3, 0.4) is 0 Å². The van der Waals surface area contributed by atoms with Crippen LogP contribution in [0.1, 0.15) is 25.3 Å². The zero-order valence-corrected chi connectivity index (χ0v) is 15.2. The molecule has 1 aromatic rings. The Hall–Kier alpha value is -2.88. The van der Waals surface area contributed by atoms with Gasteiger partial charge in [0.15, 0.2) is 5.11 Å². The molecule has 0 fully saturated rings. The third kappa shape index (κ3) is 8.29. The molecule has 0 aliphatic carbocycles. The lowest BCUT2D eigenvalue weighted by atomic mass is 10.2. The fourth-order valence-electron chi connectivity index (χ4n) is 1.65. The fraction of sp³-hybridized carbons (Fsp3) is 0.375. The number of hydrogen-bond acceptors (Lipinski definition) is 6. The van der Waals surface area contributed by atoms with E-state index >= 15 is 0 Å². The molecule has 0 aliphatic rings. The lowest BCUT2D eigenvalue weighted by Gasteiger charge is -2.20. The Balaban J connectivity index is 2.43. The van der Waals surface area contributed by atoms with Gasteiger partial charge in [0.05, 0.1) is 6.61 Å². The van der Waals surface area contributed by atoms with E-state index in [1.54, 1.807) is 24.3 Å². The molecule has 0 radical (unpaired) electrons. The lowest BCUT2D eigenvalue weighted by Crippen LogP contribution is -2.55. The molecule has 3 amide bonds. The number of unbranched alkanes of at least 4 members (excludes halogenated alkanes) is 1. The number of esters is 1. The lowest BCUT2D eigenvalue weighted by molar-refractivity contribution is -0.142. The van der Waals surface area contributed by atoms with Gasteiger partial charge in [-0.25, -0.2) is 9.59 Å². The predicted octanol–water partition coefficient (Wildman–Crippen LogP) is 1.43. The van der Waals surface area contributed by atoms with Crippen molar-refractivity contribution < 1.29 is 23.9 Å². The smallest absolute Gasteiger partial charge is 0.437 e. The van der Waals surface area contributed by atoms with Crippen LogP contribution in [0.2, 0.25) is 0 Å². The maximum Gasteiger partial charge on any atom is 0.437 e. The normalized spacial score (nSPS) is 9.73. The third-order valence-corrected chi connectivity index (χ3v) is 3.21. The highest BCUT2D eigenvalue weighted by Gasteiger charge is 2.22. The molecule has 0 heterocycles. The van der Waals surface area contributed by atoms with Gasteiger partial charge in [-0.05, 0) is 24.2 Å². The van der Waals surface area contributed by atoms with Gasteiger partial charge in [0.1, 0.15) is 13.2 Å². The molecule has 142 valence electrons. The van der Waals surface area contributed by atoms with Gasteiger partial charge in [-0.1, -0.05) is 43.7 Å². The van der Waals surface area contributed by atoms with Crippen molar-refractivity contribution in [3.63, 3.8) is 0 Å². The molecule has 0 aromatic heterocycles. The highest BCUT2D eigenvalue weighted by Crippen LogP contribution is 2.02. The number of urea groups is 1. The molecule has 0 saturated heterocycles. The van der Waals surface area contributed by atoms with Crippen molar-refractivity contribution in [3.05, 3.63) is 35.9 Å². The Kier molecular flexibility index (Phi) is 9.47. The van der Waals surface area contributed by atoms with Crippen LogP contribution in [0, 0.1) is 0 Å². The zero-order valence-electron chi connectivity index (χ0n) is 14.4. The summed E-state index contributed by atoms with van der Waals surface area (Å²) in [6, 6.07) is 7.78. The summed E-state index contributed by atoms with van der Waals surface area (Å²) in [6.07, 6.45) is 0.632. The molecular weight excluding hydrogens is 360 g/mol. The van der Waals surface area contributed by atoms with Crippen LogP contribution in [-0.4, -0.2) is 41.4 Å². The molecule has 9 nitrogen and oxygen atoms in total. The topological polar surface area (TPSA) is 123 Å². The van der Waals surface area contributed by atoms with E-state index in [0.717, 1.165) is 18.4 Å². The molecule has 0 saturated carbocycles. The number of thiocarbonyl (C=S) groups is 1. The van der Waals surface area contributed by atoms with E-state index in [-0.39, 0.29) is 18.3 Å². The molecule has 0 atom stereocenters. The highest BCUT2D eigenvalue weighted by molar-refractivity contribution is 7.80. The molecule has 0 aliphatic heterocycles. The quantitative estimate of drug-likeness (QED) is 0.280. The van der Waals surface area contributed by atoms with Crippen molar-refractivity contribution in [2.24, 2.45) is 5.73 Å². The van der Waals surface area contributed by atoms with Gasteiger partial charge in [0, 0.05) is 0 Å². The minimum Gasteiger partial charge on any atom is -0.464 e. The summed E-state index contributed by atoms with van der Waals surface area (Å²) >= 11 is 4.91. The largest absolute Gasteiger partial charge is 0.464 e. The first-order chi connectivity index (χ1) is 12.4. The van der Waals surface area contributed by atoms with Crippen LogP contribution >= 0.6 is 12.2 Å². The van der Waals surface area contributed by atoms with Gasteiger partial charge < -0.3 is 20.5 Å². The summed E-state index contributed by atoms with van der Waals surface area (Å²) < 4.78 is 9.92. The highest BCUT2D eigenvalue weighted by atomic mass is 32.1. The fourth-order valence-corrected chi connectivity index (χ4v) is 1.81. The van der Waals surface area contributed by atoms with E-state index in [4.69, 9.17) is 27.4 Å². The van der Waals surface area contributed by atoms with Crippen LogP contribution < -0.4 is 16.5 Å². The number of rotatable bonds is 7. The van der Waals surface area contributed by atoms with Crippen LogP contribution in [0.5, 0.6) is 0 Å². The zero-order chi connectivity index (χ0) is 19.4. The minimum absolute atomic E-state index is 0.0465. The number of nitrogens with two attached hydrogens (primary N) is 1. The number of carbonyl (C=O) groups excluding carboxylic acids is 3. The molecule has 1 rings (SSSR count). The van der Waals surface area contributed by atoms with Crippen molar-refractivity contribution in [2.45, 2.75) is 26.4 Å². The van der Waals surface area contributed by atoms with Crippen molar-refractivity contribution in [2.75, 3.05) is 13.2 Å². The molecule has 10 heteroatoms. The first-order valence-electron chi connectivity index (χ1n) is 7.94. The summed E-state index contributed by atoms with van der Waals surface area (Å²) in [5.41, 5.74) is 8.15. The first kappa shape index (κ1) is 21.2. The third-order valence-electron chi connectivity index (χ3n) is 2.98. The molecule has 0 unspecified atom stereocenters. The van der Waals surface area contributed by atoms with Gasteiger partial charge in [0.25, 0.3) is 0 Å². The summed E-state index contributed by atoms with van der Waals surface area (Å²) in [7, 11) is 0. The van der Waals surface area contributed by atoms with Gasteiger partial charge >= 0.3 is 18.1 Å². The Morgan fingerprint density at radius 2 is 1.88 bits per heavy atom. The number of amides is 3. The first-order valence-corrected chi connectivity index (χ1v) is 8.35. The van der Waals surface area contributed by atoms with Crippen LogP contribution in [0.15, 0.2) is 30.3 Å². The summed E-state index contributed by atoms with van der Waals surface area (Å²) in [5.74, 6) is -0.514. The van der Waals surface area contributed by atoms with E-state index < -0.39 is 18.1 Å². The standard InChI is InChI=1S/C16H22N4O5S/c1-2-3-9-24-13(21)10-18-15(26)19-20(14(17)22)16(23)25-11-12-7-5-4-6-8-12/h4-8H,2-3,9-11H2,1H3,(H2,17,22)(H2,18,19,26). The van der Waals surface area contributed by atoms with Crippen molar-refractivity contribution in [1.82, 2.24) is 15.8 Å². The Morgan fingerprint density at radius 3 is 2.50 bits per heavy atom. The predicted molar refractivity (Wildman–Crippen MR) is 97.7 cm³/mol. The minimum atomic E-state index is -1.11. The van der Waals surface area contributed by atoms with Crippen molar-refractivity contribution in [1.29, 1.82) is 0 Å². The second-order valence-corrected chi connectivity index (χ2v) is 5.49. The average Bonchev–Trinajstić information content (AvgIpc) is 2.63. The van der Waals surface area contributed by atoms with Crippen molar-refractivity contribution in [3.8, 4) is 0 Å². The second kappa shape index (κ2) is 11.6. The summed E-state index contributed by atoms with van der Waals surface area (Å²) in [5, 5.41) is 2.76. The number of hydrogen-bond donors (Lipinski definition) is 3. The number of imide groups is 1. The van der Waals surface area contributed by atoms with E-state index in [9.17, 15) is 14.4 Å². The number of nitrogens with one attached hydrogen (secondary N) is 2. The molecule has 0 bridgehead atoms. The van der Waals surface area contributed by atoms with Crippen molar-refractivity contribution >= 4 is 35.4 Å². The molecule has 0 spiro atoms. The Labute approximate surface area is 156 Å². The molecule has 26 heavy (non-hydrogen) atoms. The number of carbonyl (C=O) groups is 3. The van der Waals surface area contributed by atoms with Crippen LogP contribution in [0.25, 0.3) is 0 Å². The second-order valence-electron chi connectivity index (χ2n) is 5.08. The summed E-state index contributed by atoms with van der Waals surface area (Å²) in [6.45, 7) is 2.02. The van der Waals surface area contributed by atoms with E-state index in [1.807, 2.05) is 13.0 Å². The van der Waals surface area contributed by atoms with E-state index in [1.165, 1.54) is 0 Å². The number of hydrazine groups is 1. The van der Waals surface area contributed by atoms with Crippen LogP contribution in [-0.2, 0) is 20.9 Å². The molecular formula is C16H22N4O5S. The van der Waals surface area contributed by atoms with Gasteiger partial charge in [-0.3, -0.25) is 10.2 Å². The average molecular weight is 382 g/mol. The SMILES string of the molecule is CCCCOC(=O)CNC(=S)NN(C(N)=O)C(=O)OCc1ccccc1. The van der Waals surface area contributed by atoms with E-state index in [2.05, 4.69) is 10.7 Å². The molecule has 4 N–H and O–H groups in total. The number of benzene rings is 1. The van der Waals surface area contributed by atoms with E-state index in [0.29, 0.717) is 11.6 Å². The maximum absolute atomic E-state index is 12.0. The Morgan fingerprint density at radius 1 is 1.19 bits per heavy atom. The maximum atomic E-state index is 12.0. The number of primary amides is 1. The molecule has 1 aromatic carbocycles. The Bertz CT molecular complexity index is 626. The van der Waals surface area contributed by atoms with Gasteiger partial charge in [0.2, 0.25) is 0 Å². The van der Waals surface area contributed by atoms with Crippen LogP contribution in [0.4, 0.5) is 9.59 Å².